The normalized spacial score (nSPS) is 29.8. The number of anilines is 1. The van der Waals surface area contributed by atoms with Gasteiger partial charge in [0, 0.05) is 24.8 Å². The van der Waals surface area contributed by atoms with E-state index in [1.54, 1.807) is 0 Å². The molecule has 2 fully saturated rings. The largest absolute Gasteiger partial charge is 0.393 e. The quantitative estimate of drug-likeness (QED) is 0.868. The lowest BCUT2D eigenvalue weighted by atomic mass is 9.99. The van der Waals surface area contributed by atoms with Gasteiger partial charge < -0.3 is 15.3 Å². The fourth-order valence-corrected chi connectivity index (χ4v) is 3.69. The summed E-state index contributed by atoms with van der Waals surface area (Å²) in [6, 6.07) is 3.19. The highest BCUT2D eigenvalue weighted by atomic mass is 16.3. The highest BCUT2D eigenvalue weighted by Crippen LogP contribution is 2.39. The second-order valence-corrected chi connectivity index (χ2v) is 5.93. The van der Waals surface area contributed by atoms with E-state index < -0.39 is 0 Å². The standard InChI is InChI=1S/C15H23N3O/c1-10-5-11(8-16-2)9-17-15(10)18-12-3-4-13(18)7-14(19)6-12/h5,9,12-14,16,19H,3-4,6-8H2,1-2H3. The number of rotatable bonds is 3. The summed E-state index contributed by atoms with van der Waals surface area (Å²) in [4.78, 5) is 7.15. The molecular weight excluding hydrogens is 238 g/mol. The molecule has 2 unspecified atom stereocenters. The number of fused-ring (bicyclic) bond motifs is 2. The summed E-state index contributed by atoms with van der Waals surface area (Å²) in [6.07, 6.45) is 6.05. The third kappa shape index (κ3) is 2.35. The molecule has 104 valence electrons. The Labute approximate surface area is 114 Å². The molecule has 2 aliphatic heterocycles. The Morgan fingerprint density at radius 3 is 2.63 bits per heavy atom. The summed E-state index contributed by atoms with van der Waals surface area (Å²) in [6.45, 7) is 3.01. The highest BCUT2D eigenvalue weighted by molar-refractivity contribution is 5.51. The van der Waals surface area contributed by atoms with Crippen molar-refractivity contribution in [1.82, 2.24) is 10.3 Å². The Hall–Kier alpha value is -1.13. The maximum absolute atomic E-state index is 9.88. The van der Waals surface area contributed by atoms with Crippen molar-refractivity contribution < 1.29 is 5.11 Å². The monoisotopic (exact) mass is 261 g/mol. The van der Waals surface area contributed by atoms with Crippen LogP contribution in [0.1, 0.15) is 36.8 Å². The number of aromatic nitrogens is 1. The summed E-state index contributed by atoms with van der Waals surface area (Å²) in [7, 11) is 1.95. The third-order valence-electron chi connectivity index (χ3n) is 4.44. The van der Waals surface area contributed by atoms with Gasteiger partial charge in [0.1, 0.15) is 5.82 Å². The van der Waals surface area contributed by atoms with Crippen molar-refractivity contribution in [3.8, 4) is 0 Å². The van der Waals surface area contributed by atoms with Gasteiger partial charge in [-0.2, -0.15) is 0 Å². The van der Waals surface area contributed by atoms with Crippen molar-refractivity contribution in [3.63, 3.8) is 0 Å². The molecule has 4 nitrogen and oxygen atoms in total. The first-order valence-electron chi connectivity index (χ1n) is 7.25. The molecule has 0 amide bonds. The fraction of sp³-hybridized carbons (Fsp3) is 0.667. The smallest absolute Gasteiger partial charge is 0.131 e. The van der Waals surface area contributed by atoms with Crippen molar-refractivity contribution in [2.45, 2.75) is 57.3 Å². The van der Waals surface area contributed by atoms with Gasteiger partial charge in [0.15, 0.2) is 0 Å². The van der Waals surface area contributed by atoms with Crippen LogP contribution in [0.2, 0.25) is 0 Å². The molecule has 2 N–H and O–H groups in total. The van der Waals surface area contributed by atoms with Gasteiger partial charge in [0.05, 0.1) is 6.10 Å². The fourth-order valence-electron chi connectivity index (χ4n) is 3.69. The van der Waals surface area contributed by atoms with E-state index >= 15 is 0 Å². The van der Waals surface area contributed by atoms with E-state index in [0.717, 1.165) is 25.2 Å². The van der Waals surface area contributed by atoms with Gasteiger partial charge in [-0.1, -0.05) is 0 Å². The Balaban J connectivity index is 1.86. The number of piperidine rings is 1. The first-order chi connectivity index (χ1) is 9.19. The minimum Gasteiger partial charge on any atom is -0.393 e. The molecule has 19 heavy (non-hydrogen) atoms. The molecule has 2 atom stereocenters. The molecule has 0 spiro atoms. The second-order valence-electron chi connectivity index (χ2n) is 5.93. The predicted molar refractivity (Wildman–Crippen MR) is 76.3 cm³/mol. The van der Waals surface area contributed by atoms with Crippen molar-refractivity contribution in [1.29, 1.82) is 0 Å². The van der Waals surface area contributed by atoms with E-state index in [1.807, 2.05) is 13.2 Å². The van der Waals surface area contributed by atoms with E-state index in [-0.39, 0.29) is 6.10 Å². The van der Waals surface area contributed by atoms with Crippen LogP contribution in [0.15, 0.2) is 12.3 Å². The maximum atomic E-state index is 9.88. The Morgan fingerprint density at radius 2 is 2.05 bits per heavy atom. The lowest BCUT2D eigenvalue weighted by Gasteiger charge is -2.38. The van der Waals surface area contributed by atoms with E-state index in [1.165, 1.54) is 24.0 Å². The third-order valence-corrected chi connectivity index (χ3v) is 4.44. The van der Waals surface area contributed by atoms with Gasteiger partial charge >= 0.3 is 0 Å². The number of hydrogen-bond acceptors (Lipinski definition) is 4. The van der Waals surface area contributed by atoms with E-state index in [9.17, 15) is 5.11 Å². The van der Waals surface area contributed by atoms with Crippen molar-refractivity contribution in [2.75, 3.05) is 11.9 Å². The molecule has 1 aromatic rings. The molecule has 2 bridgehead atoms. The van der Waals surface area contributed by atoms with Gasteiger partial charge in [0.25, 0.3) is 0 Å². The number of aliphatic hydroxyl groups excluding tert-OH is 1. The number of pyridine rings is 1. The lowest BCUT2D eigenvalue weighted by molar-refractivity contribution is 0.126. The molecule has 0 saturated carbocycles. The van der Waals surface area contributed by atoms with Crippen LogP contribution in [0, 0.1) is 6.92 Å². The molecule has 0 radical (unpaired) electrons. The maximum Gasteiger partial charge on any atom is 0.131 e. The Bertz CT molecular complexity index is 449. The summed E-state index contributed by atoms with van der Waals surface area (Å²) in [5.74, 6) is 1.12. The Kier molecular flexibility index (Phi) is 3.46. The zero-order valence-corrected chi connectivity index (χ0v) is 11.8. The van der Waals surface area contributed by atoms with E-state index in [0.29, 0.717) is 12.1 Å². The van der Waals surface area contributed by atoms with Crippen LogP contribution in [-0.2, 0) is 6.54 Å². The van der Waals surface area contributed by atoms with E-state index in [2.05, 4.69) is 23.2 Å². The van der Waals surface area contributed by atoms with Crippen LogP contribution < -0.4 is 10.2 Å². The highest BCUT2D eigenvalue weighted by Gasteiger charge is 2.41. The van der Waals surface area contributed by atoms with Crippen LogP contribution in [0.4, 0.5) is 5.82 Å². The van der Waals surface area contributed by atoms with Gasteiger partial charge in [-0.3, -0.25) is 0 Å². The summed E-state index contributed by atoms with van der Waals surface area (Å²) in [5.41, 5.74) is 2.48. The summed E-state index contributed by atoms with van der Waals surface area (Å²) in [5, 5.41) is 13.0. The van der Waals surface area contributed by atoms with Crippen LogP contribution in [0.3, 0.4) is 0 Å². The molecule has 2 aliphatic rings. The number of nitrogens with zero attached hydrogens (tertiary/aromatic N) is 2. The lowest BCUT2D eigenvalue weighted by Crippen LogP contribution is -2.45. The van der Waals surface area contributed by atoms with Crippen molar-refractivity contribution in [2.24, 2.45) is 0 Å². The van der Waals surface area contributed by atoms with Crippen LogP contribution in [0.25, 0.3) is 0 Å². The number of hydrogen-bond donors (Lipinski definition) is 2. The number of aliphatic hydroxyl groups is 1. The average molecular weight is 261 g/mol. The van der Waals surface area contributed by atoms with E-state index in [4.69, 9.17) is 4.98 Å². The van der Waals surface area contributed by atoms with Gasteiger partial charge in [-0.15, -0.1) is 0 Å². The molecule has 3 heterocycles. The van der Waals surface area contributed by atoms with Gasteiger partial charge in [-0.25, -0.2) is 4.98 Å². The molecule has 0 aliphatic carbocycles. The Morgan fingerprint density at radius 1 is 1.37 bits per heavy atom. The molecule has 2 saturated heterocycles. The van der Waals surface area contributed by atoms with Crippen molar-refractivity contribution in [3.05, 3.63) is 23.4 Å². The van der Waals surface area contributed by atoms with Gasteiger partial charge in [0.2, 0.25) is 0 Å². The molecule has 4 heteroatoms. The summed E-state index contributed by atoms with van der Waals surface area (Å²) >= 11 is 0. The predicted octanol–water partition coefficient (Wildman–Crippen LogP) is 1.60. The zero-order valence-electron chi connectivity index (χ0n) is 11.8. The second kappa shape index (κ2) is 5.10. The molecule has 0 aromatic carbocycles. The molecule has 1 aromatic heterocycles. The number of nitrogens with one attached hydrogen (secondary N) is 1. The minimum atomic E-state index is -0.113. The SMILES string of the molecule is CNCc1cnc(N2C3CCC2CC(O)C3)c(C)c1. The van der Waals surface area contributed by atoms with Gasteiger partial charge in [-0.05, 0) is 56.8 Å². The molecule has 3 rings (SSSR count). The van der Waals surface area contributed by atoms with Crippen LogP contribution in [-0.4, -0.2) is 35.3 Å². The van der Waals surface area contributed by atoms with Crippen molar-refractivity contribution >= 4 is 5.82 Å². The first-order valence-corrected chi connectivity index (χ1v) is 7.25. The molecular formula is C15H23N3O. The average Bonchev–Trinajstić information content (AvgIpc) is 2.63. The number of aryl methyl sites for hydroxylation is 1. The van der Waals surface area contributed by atoms with Crippen LogP contribution >= 0.6 is 0 Å². The first kappa shape index (κ1) is 12.9. The zero-order chi connectivity index (χ0) is 13.4. The summed E-state index contributed by atoms with van der Waals surface area (Å²) < 4.78 is 0. The topological polar surface area (TPSA) is 48.4 Å². The van der Waals surface area contributed by atoms with Crippen LogP contribution in [0.5, 0.6) is 0 Å². The minimum absolute atomic E-state index is 0.113.